The van der Waals surface area contributed by atoms with Gasteiger partial charge in [-0.2, -0.15) is 0 Å². The van der Waals surface area contributed by atoms with Gasteiger partial charge in [-0.1, -0.05) is 26.0 Å². The molecule has 0 saturated carbocycles. The second kappa shape index (κ2) is 4.37. The predicted molar refractivity (Wildman–Crippen MR) is 43.3 cm³/mol. The van der Waals surface area contributed by atoms with Crippen molar-refractivity contribution in [3.63, 3.8) is 0 Å². The van der Waals surface area contributed by atoms with E-state index in [1.165, 1.54) is 6.42 Å². The normalized spacial score (nSPS) is 10.2. The molecule has 0 unspecified atom stereocenters. The van der Waals surface area contributed by atoms with Gasteiger partial charge in [0.05, 0.1) is 0 Å². The van der Waals surface area contributed by atoms with Crippen LogP contribution in [0.15, 0.2) is 25.3 Å². The maximum Gasteiger partial charge on any atom is -0.00564 e. The zero-order chi connectivity index (χ0) is 7.28. The van der Waals surface area contributed by atoms with E-state index < -0.39 is 0 Å². The molecule has 0 N–H and O–H groups in total. The first-order valence-electron chi connectivity index (χ1n) is 3.45. The lowest BCUT2D eigenvalue weighted by atomic mass is 9.98. The van der Waals surface area contributed by atoms with Crippen LogP contribution < -0.4 is 0 Å². The van der Waals surface area contributed by atoms with Crippen LogP contribution in [0.5, 0.6) is 0 Å². The van der Waals surface area contributed by atoms with E-state index in [0.717, 1.165) is 5.92 Å². The van der Waals surface area contributed by atoms with Crippen LogP contribution in [0, 0.1) is 11.8 Å². The lowest BCUT2D eigenvalue weighted by Gasteiger charge is -2.08. The van der Waals surface area contributed by atoms with E-state index in [4.69, 9.17) is 0 Å². The van der Waals surface area contributed by atoms with Crippen molar-refractivity contribution in [1.82, 2.24) is 0 Å². The lowest BCUT2D eigenvalue weighted by molar-refractivity contribution is 0.534. The molecule has 0 fully saturated rings. The molecule has 0 aliphatic carbocycles. The van der Waals surface area contributed by atoms with Gasteiger partial charge in [0, 0.05) is 0 Å². The predicted octanol–water partition coefficient (Wildman–Crippen LogP) is 3.02. The molecule has 0 bridgehead atoms. The van der Waals surface area contributed by atoms with Crippen molar-refractivity contribution in [3.8, 4) is 0 Å². The van der Waals surface area contributed by atoms with Gasteiger partial charge >= 0.3 is 0 Å². The highest BCUT2D eigenvalue weighted by atomic mass is 14.1. The van der Waals surface area contributed by atoms with E-state index >= 15 is 0 Å². The Morgan fingerprint density at radius 1 is 1.22 bits per heavy atom. The Hall–Kier alpha value is -0.520. The lowest BCUT2D eigenvalue weighted by Crippen LogP contribution is -1.96. The van der Waals surface area contributed by atoms with Crippen molar-refractivity contribution in [1.29, 1.82) is 0 Å². The molecule has 0 rings (SSSR count). The Bertz CT molecular complexity index is 82.2. The Kier molecular flexibility index (Phi) is 4.12. The van der Waals surface area contributed by atoms with Gasteiger partial charge in [0.15, 0.2) is 0 Å². The van der Waals surface area contributed by atoms with Crippen LogP contribution in [-0.2, 0) is 0 Å². The smallest absolute Gasteiger partial charge is 0.00564 e. The quantitative estimate of drug-likeness (QED) is 0.505. The minimum atomic E-state index is 0.505. The van der Waals surface area contributed by atoms with Crippen LogP contribution >= 0.6 is 0 Å². The summed E-state index contributed by atoms with van der Waals surface area (Å²) in [7, 11) is 0. The van der Waals surface area contributed by atoms with Crippen LogP contribution in [0.2, 0.25) is 0 Å². The minimum absolute atomic E-state index is 0.505. The fourth-order valence-corrected chi connectivity index (χ4v) is 0.833. The molecule has 0 amide bonds. The third-order valence-corrected chi connectivity index (χ3v) is 1.35. The first-order valence-corrected chi connectivity index (χ1v) is 3.45. The molecule has 0 aromatic carbocycles. The SMILES string of the molecule is C=CC(C=C)CC(C)C. The first-order chi connectivity index (χ1) is 4.20. The first kappa shape index (κ1) is 8.48. The van der Waals surface area contributed by atoms with Crippen LogP contribution in [-0.4, -0.2) is 0 Å². The Morgan fingerprint density at radius 2 is 1.67 bits per heavy atom. The van der Waals surface area contributed by atoms with Gasteiger partial charge in [0.25, 0.3) is 0 Å². The summed E-state index contributed by atoms with van der Waals surface area (Å²) in [4.78, 5) is 0. The number of rotatable bonds is 4. The second-order valence-electron chi connectivity index (χ2n) is 2.76. The molecule has 0 aromatic heterocycles. The van der Waals surface area contributed by atoms with Crippen molar-refractivity contribution in [3.05, 3.63) is 25.3 Å². The highest BCUT2D eigenvalue weighted by Gasteiger charge is 2.00. The van der Waals surface area contributed by atoms with Gasteiger partial charge in [-0.3, -0.25) is 0 Å². The summed E-state index contributed by atoms with van der Waals surface area (Å²) in [6.45, 7) is 11.8. The number of allylic oxidation sites excluding steroid dienone is 2. The molecule has 0 aliphatic rings. The van der Waals surface area contributed by atoms with Gasteiger partial charge < -0.3 is 0 Å². The summed E-state index contributed by atoms with van der Waals surface area (Å²) in [6, 6.07) is 0. The van der Waals surface area contributed by atoms with Gasteiger partial charge in [0.1, 0.15) is 0 Å². The molecule has 0 atom stereocenters. The summed E-state index contributed by atoms with van der Waals surface area (Å²) in [5, 5.41) is 0. The molecule has 52 valence electrons. The van der Waals surface area contributed by atoms with E-state index in [9.17, 15) is 0 Å². The molecule has 0 heteroatoms. The van der Waals surface area contributed by atoms with Gasteiger partial charge in [-0.15, -0.1) is 13.2 Å². The monoisotopic (exact) mass is 124 g/mol. The highest BCUT2D eigenvalue weighted by molar-refractivity contribution is 4.91. The van der Waals surface area contributed by atoms with Crippen molar-refractivity contribution >= 4 is 0 Å². The molecule has 0 spiro atoms. The summed E-state index contributed by atoms with van der Waals surface area (Å²) in [5.74, 6) is 1.25. The maximum atomic E-state index is 3.71. The highest BCUT2D eigenvalue weighted by Crippen LogP contribution is 2.12. The summed E-state index contributed by atoms with van der Waals surface area (Å²) < 4.78 is 0. The number of hydrogen-bond acceptors (Lipinski definition) is 0. The second-order valence-corrected chi connectivity index (χ2v) is 2.76. The zero-order valence-electron chi connectivity index (χ0n) is 6.43. The molecule has 0 radical (unpaired) electrons. The Morgan fingerprint density at radius 3 is 1.78 bits per heavy atom. The van der Waals surface area contributed by atoms with Gasteiger partial charge in [-0.25, -0.2) is 0 Å². The van der Waals surface area contributed by atoms with E-state index in [-0.39, 0.29) is 0 Å². The molecular weight excluding hydrogens is 108 g/mol. The molecule has 0 heterocycles. The largest absolute Gasteiger partial charge is 0.102 e. The van der Waals surface area contributed by atoms with E-state index in [1.807, 2.05) is 12.2 Å². The average Bonchev–Trinajstić information content (AvgIpc) is 1.82. The Balaban J connectivity index is 3.55. The fraction of sp³-hybridized carbons (Fsp3) is 0.556. The van der Waals surface area contributed by atoms with Crippen molar-refractivity contribution in [2.24, 2.45) is 11.8 Å². The molecule has 0 aliphatic heterocycles. The number of hydrogen-bond donors (Lipinski definition) is 0. The van der Waals surface area contributed by atoms with E-state index in [0.29, 0.717) is 5.92 Å². The average molecular weight is 124 g/mol. The zero-order valence-corrected chi connectivity index (χ0v) is 6.43. The third-order valence-electron chi connectivity index (χ3n) is 1.35. The van der Waals surface area contributed by atoms with E-state index in [1.54, 1.807) is 0 Å². The van der Waals surface area contributed by atoms with Crippen LogP contribution in [0.1, 0.15) is 20.3 Å². The molecular formula is C9H16. The van der Waals surface area contributed by atoms with Crippen molar-refractivity contribution < 1.29 is 0 Å². The summed E-state index contributed by atoms with van der Waals surface area (Å²) in [6.07, 6.45) is 5.08. The van der Waals surface area contributed by atoms with Crippen molar-refractivity contribution in [2.75, 3.05) is 0 Å². The molecule has 0 saturated heterocycles. The summed E-state index contributed by atoms with van der Waals surface area (Å²) >= 11 is 0. The summed E-state index contributed by atoms with van der Waals surface area (Å²) in [5.41, 5.74) is 0. The van der Waals surface area contributed by atoms with E-state index in [2.05, 4.69) is 27.0 Å². The molecule has 0 nitrogen and oxygen atoms in total. The van der Waals surface area contributed by atoms with Gasteiger partial charge in [0.2, 0.25) is 0 Å². The standard InChI is InChI=1S/C9H16/c1-5-9(6-2)7-8(3)4/h5-6,8-9H,1-2,7H2,3-4H3. The van der Waals surface area contributed by atoms with Crippen LogP contribution in [0.4, 0.5) is 0 Å². The van der Waals surface area contributed by atoms with Gasteiger partial charge in [-0.05, 0) is 18.3 Å². The van der Waals surface area contributed by atoms with Crippen molar-refractivity contribution in [2.45, 2.75) is 20.3 Å². The fourth-order valence-electron chi connectivity index (χ4n) is 0.833. The molecule has 0 aromatic rings. The minimum Gasteiger partial charge on any atom is -0.102 e. The van der Waals surface area contributed by atoms with Crippen LogP contribution in [0.3, 0.4) is 0 Å². The topological polar surface area (TPSA) is 0 Å². The maximum absolute atomic E-state index is 3.71. The Labute approximate surface area is 58.3 Å². The van der Waals surface area contributed by atoms with Crippen LogP contribution in [0.25, 0.3) is 0 Å². The molecule has 9 heavy (non-hydrogen) atoms. The third kappa shape index (κ3) is 4.01.